The normalized spacial score (nSPS) is 13.3. The number of para-hydroxylation sites is 1. The number of anilines is 1. The lowest BCUT2D eigenvalue weighted by molar-refractivity contribution is -0.117. The van der Waals surface area contributed by atoms with E-state index in [4.69, 9.17) is 4.98 Å². The number of amides is 1. The van der Waals surface area contributed by atoms with Crippen molar-refractivity contribution in [2.45, 2.75) is 19.8 Å². The number of hydrogen-bond acceptors (Lipinski definition) is 7. The van der Waals surface area contributed by atoms with Crippen molar-refractivity contribution in [1.82, 2.24) is 30.1 Å². The zero-order chi connectivity index (χ0) is 26.7. The summed E-state index contributed by atoms with van der Waals surface area (Å²) in [6.45, 7) is 1.54. The molecule has 7 rings (SSSR count). The van der Waals surface area contributed by atoms with Gasteiger partial charge in [-0.1, -0.05) is 12.1 Å². The van der Waals surface area contributed by atoms with Gasteiger partial charge >= 0.3 is 0 Å². The first-order valence-electron chi connectivity index (χ1n) is 12.4. The summed E-state index contributed by atoms with van der Waals surface area (Å²) in [5.74, 6) is -0.191. The summed E-state index contributed by atoms with van der Waals surface area (Å²) in [5, 5.41) is 10.3. The van der Waals surface area contributed by atoms with Gasteiger partial charge in [0.2, 0.25) is 5.91 Å². The van der Waals surface area contributed by atoms with Gasteiger partial charge < -0.3 is 10.3 Å². The number of nitrogens with zero attached hydrogens (tertiary/aromatic N) is 4. The highest BCUT2D eigenvalue weighted by atomic mass is 32.1. The number of aromatic amines is 2. The van der Waals surface area contributed by atoms with Crippen LogP contribution in [0.15, 0.2) is 55.0 Å². The number of H-pyrrole nitrogens is 2. The van der Waals surface area contributed by atoms with Crippen molar-refractivity contribution in [1.29, 1.82) is 0 Å². The molecule has 0 saturated heterocycles. The van der Waals surface area contributed by atoms with Gasteiger partial charge in [-0.3, -0.25) is 24.7 Å². The van der Waals surface area contributed by atoms with E-state index in [1.807, 2.05) is 24.3 Å². The largest absolute Gasteiger partial charge is 0.337 e. The molecule has 0 unspecified atom stereocenters. The first-order chi connectivity index (χ1) is 19.0. The maximum atomic E-state index is 16.0. The van der Waals surface area contributed by atoms with Gasteiger partial charge in [0.1, 0.15) is 11.4 Å². The fourth-order valence-electron chi connectivity index (χ4n) is 4.59. The number of benzene rings is 1. The number of fused-ring (bicyclic) bond motifs is 2. The predicted molar refractivity (Wildman–Crippen MR) is 147 cm³/mol. The minimum atomic E-state index is -0.575. The van der Waals surface area contributed by atoms with Gasteiger partial charge in [-0.2, -0.15) is 5.10 Å². The summed E-state index contributed by atoms with van der Waals surface area (Å²) in [5.41, 5.74) is 4.06. The standard InChI is InChI=1S/C28H20FN7O2S/c1-13(37)20-7-8-21(39-20)17-3-2-4-18-25(17)34-27(33-18)26-22-19(35-36-26)12-31-24(23(22)29)15-9-16(11-30-10-15)32-28(38)14-5-6-14/h2-4,7-12,14H,5-6H2,1H3,(H,32,38)(H,33,34)(H,35,36). The predicted octanol–water partition coefficient (Wildman–Crippen LogP) is 5.98. The Morgan fingerprint density at radius 3 is 2.74 bits per heavy atom. The van der Waals surface area contributed by atoms with Crippen LogP contribution in [0.4, 0.5) is 10.1 Å². The molecule has 0 spiro atoms. The van der Waals surface area contributed by atoms with Crippen LogP contribution >= 0.6 is 11.3 Å². The number of Topliss-reactive ketones (excluding diaryl/α,β-unsaturated/α-hetero) is 1. The Kier molecular flexibility index (Phi) is 5.34. The van der Waals surface area contributed by atoms with Crippen LogP contribution in [0.1, 0.15) is 29.4 Å². The molecule has 5 heterocycles. The van der Waals surface area contributed by atoms with Crippen molar-refractivity contribution in [3.05, 3.63) is 65.7 Å². The van der Waals surface area contributed by atoms with Gasteiger partial charge in [0.05, 0.1) is 44.9 Å². The summed E-state index contributed by atoms with van der Waals surface area (Å²) in [4.78, 5) is 42.1. The number of ketones is 1. The van der Waals surface area contributed by atoms with Crippen molar-refractivity contribution >= 4 is 50.7 Å². The number of imidazole rings is 1. The van der Waals surface area contributed by atoms with E-state index in [0.717, 1.165) is 28.8 Å². The Balaban J connectivity index is 1.30. The van der Waals surface area contributed by atoms with Gasteiger partial charge in [0.15, 0.2) is 17.4 Å². The maximum absolute atomic E-state index is 16.0. The molecule has 0 radical (unpaired) electrons. The van der Waals surface area contributed by atoms with Gasteiger partial charge in [-0.15, -0.1) is 11.3 Å². The number of aromatic nitrogens is 6. The third-order valence-electron chi connectivity index (χ3n) is 6.73. The molecule has 192 valence electrons. The zero-order valence-corrected chi connectivity index (χ0v) is 21.4. The maximum Gasteiger partial charge on any atom is 0.227 e. The third kappa shape index (κ3) is 4.07. The van der Waals surface area contributed by atoms with Crippen LogP contribution in [0.3, 0.4) is 0 Å². The molecule has 1 aromatic carbocycles. The van der Waals surface area contributed by atoms with Crippen LogP contribution in [0, 0.1) is 11.7 Å². The topological polar surface area (TPSA) is 129 Å². The average Bonchev–Trinajstić information content (AvgIpc) is 3.32. The van der Waals surface area contributed by atoms with E-state index in [2.05, 4.69) is 30.5 Å². The first-order valence-corrected chi connectivity index (χ1v) is 13.2. The molecular weight excluding hydrogens is 517 g/mol. The highest BCUT2D eigenvalue weighted by Gasteiger charge is 2.29. The second kappa shape index (κ2) is 8.91. The highest BCUT2D eigenvalue weighted by Crippen LogP contribution is 2.37. The van der Waals surface area contributed by atoms with Crippen LogP contribution in [0.5, 0.6) is 0 Å². The lowest BCUT2D eigenvalue weighted by Gasteiger charge is -2.07. The first kappa shape index (κ1) is 23.4. The average molecular weight is 538 g/mol. The Hall–Kier alpha value is -4.77. The van der Waals surface area contributed by atoms with E-state index in [9.17, 15) is 9.59 Å². The number of hydrogen-bond donors (Lipinski definition) is 3. The van der Waals surface area contributed by atoms with Crippen molar-refractivity contribution in [2.75, 3.05) is 5.32 Å². The number of rotatable bonds is 6. The van der Waals surface area contributed by atoms with Crippen molar-refractivity contribution in [3.8, 4) is 33.2 Å². The summed E-state index contributed by atoms with van der Waals surface area (Å²) in [6.07, 6.45) is 6.31. The molecule has 0 bridgehead atoms. The molecule has 39 heavy (non-hydrogen) atoms. The highest BCUT2D eigenvalue weighted by molar-refractivity contribution is 7.17. The molecule has 1 fully saturated rings. The van der Waals surface area contributed by atoms with Crippen LogP contribution in [0.2, 0.25) is 0 Å². The number of carbonyl (C=O) groups excluding carboxylic acids is 2. The second-order valence-electron chi connectivity index (χ2n) is 9.51. The van der Waals surface area contributed by atoms with Crippen LogP contribution < -0.4 is 5.32 Å². The summed E-state index contributed by atoms with van der Waals surface area (Å²) < 4.78 is 16.0. The number of thiophene rings is 1. The number of nitrogens with one attached hydrogen (secondary N) is 3. The molecule has 3 N–H and O–H groups in total. The quantitative estimate of drug-likeness (QED) is 0.224. The van der Waals surface area contributed by atoms with Crippen LogP contribution in [0.25, 0.3) is 55.2 Å². The minimum Gasteiger partial charge on any atom is -0.337 e. The molecule has 1 aliphatic rings. The third-order valence-corrected chi connectivity index (χ3v) is 7.95. The minimum absolute atomic E-state index is 0.00931. The molecule has 11 heteroatoms. The number of halogens is 1. The Morgan fingerprint density at radius 1 is 1.08 bits per heavy atom. The molecular formula is C28H20FN7O2S. The summed E-state index contributed by atoms with van der Waals surface area (Å²) in [6, 6.07) is 11.1. The van der Waals surface area contributed by atoms with Crippen LogP contribution in [-0.4, -0.2) is 41.8 Å². The van der Waals surface area contributed by atoms with E-state index in [-0.39, 0.29) is 28.7 Å². The van der Waals surface area contributed by atoms with Crippen molar-refractivity contribution in [3.63, 3.8) is 0 Å². The molecule has 5 aromatic heterocycles. The molecule has 9 nitrogen and oxygen atoms in total. The van der Waals surface area contributed by atoms with E-state index in [0.29, 0.717) is 38.7 Å². The SMILES string of the molecule is CC(=O)c1ccc(-c2cccc3[nH]c(-c4n[nH]c5cnc(-c6cncc(NC(=O)C7CC7)c6)c(F)c45)nc23)s1. The Bertz CT molecular complexity index is 1940. The second-order valence-corrected chi connectivity index (χ2v) is 10.6. The molecule has 1 aliphatic carbocycles. The molecule has 6 aromatic rings. The van der Waals surface area contributed by atoms with Gasteiger partial charge in [-0.25, -0.2) is 9.37 Å². The fraction of sp³-hybridized carbons (Fsp3) is 0.143. The lowest BCUT2D eigenvalue weighted by Crippen LogP contribution is -2.13. The molecule has 1 amide bonds. The summed E-state index contributed by atoms with van der Waals surface area (Å²) in [7, 11) is 0. The molecule has 1 saturated carbocycles. The van der Waals surface area contributed by atoms with E-state index < -0.39 is 5.82 Å². The fourth-order valence-corrected chi connectivity index (χ4v) is 5.52. The van der Waals surface area contributed by atoms with Gasteiger partial charge in [-0.05, 0) is 44.0 Å². The number of carbonyl (C=O) groups is 2. The summed E-state index contributed by atoms with van der Waals surface area (Å²) >= 11 is 1.40. The Morgan fingerprint density at radius 2 is 1.95 bits per heavy atom. The smallest absolute Gasteiger partial charge is 0.227 e. The lowest BCUT2D eigenvalue weighted by atomic mass is 10.1. The van der Waals surface area contributed by atoms with Crippen molar-refractivity contribution in [2.24, 2.45) is 5.92 Å². The number of pyridine rings is 2. The van der Waals surface area contributed by atoms with E-state index in [1.165, 1.54) is 29.9 Å². The Labute approximate surface area is 224 Å². The van der Waals surface area contributed by atoms with Gasteiger partial charge in [0.25, 0.3) is 0 Å². The van der Waals surface area contributed by atoms with Gasteiger partial charge in [0, 0.05) is 28.1 Å². The molecule has 0 atom stereocenters. The zero-order valence-electron chi connectivity index (χ0n) is 20.6. The van der Waals surface area contributed by atoms with E-state index >= 15 is 4.39 Å². The van der Waals surface area contributed by atoms with E-state index in [1.54, 1.807) is 19.1 Å². The molecule has 0 aliphatic heterocycles. The van der Waals surface area contributed by atoms with Crippen molar-refractivity contribution < 1.29 is 14.0 Å². The van der Waals surface area contributed by atoms with Crippen LogP contribution in [-0.2, 0) is 4.79 Å². The monoisotopic (exact) mass is 537 g/mol.